The predicted molar refractivity (Wildman–Crippen MR) is 79.4 cm³/mol. The maximum absolute atomic E-state index is 9.37. The van der Waals surface area contributed by atoms with Crippen molar-refractivity contribution in [2.45, 2.75) is 52.6 Å². The van der Waals surface area contributed by atoms with Gasteiger partial charge in [-0.1, -0.05) is 20.3 Å². The molecular formula is C16H26N2O. The molecule has 3 nitrogen and oxygen atoms in total. The van der Waals surface area contributed by atoms with Gasteiger partial charge in [0.05, 0.1) is 6.61 Å². The molecule has 1 unspecified atom stereocenters. The number of hydrogen-bond donors (Lipinski definition) is 1. The number of pyridine rings is 1. The number of anilines is 1. The zero-order valence-electron chi connectivity index (χ0n) is 12.2. The van der Waals surface area contributed by atoms with E-state index in [2.05, 4.69) is 18.7 Å². The Bertz CT molecular complexity index is 383. The number of aliphatic hydroxyl groups excluding tert-OH is 1. The van der Waals surface area contributed by atoms with Crippen LogP contribution in [0.2, 0.25) is 0 Å². The van der Waals surface area contributed by atoms with Crippen molar-refractivity contribution in [2.75, 3.05) is 18.0 Å². The largest absolute Gasteiger partial charge is 0.392 e. The number of aromatic nitrogens is 1. The van der Waals surface area contributed by atoms with Gasteiger partial charge in [0.2, 0.25) is 0 Å². The molecule has 1 atom stereocenters. The number of aryl methyl sites for hydroxylation is 1. The summed E-state index contributed by atoms with van der Waals surface area (Å²) < 4.78 is 0. The molecule has 2 rings (SSSR count). The Kier molecular flexibility index (Phi) is 5.20. The fraction of sp³-hybridized carbons (Fsp3) is 0.688. The van der Waals surface area contributed by atoms with Crippen LogP contribution in [-0.4, -0.2) is 23.2 Å². The second-order valence-electron chi connectivity index (χ2n) is 5.53. The van der Waals surface area contributed by atoms with Crippen molar-refractivity contribution >= 4 is 5.82 Å². The molecule has 3 heteroatoms. The minimum absolute atomic E-state index is 0.105. The van der Waals surface area contributed by atoms with Gasteiger partial charge in [-0.15, -0.1) is 0 Å². The number of aliphatic hydroxyl groups is 1. The second kappa shape index (κ2) is 6.90. The molecule has 1 aliphatic heterocycles. The van der Waals surface area contributed by atoms with Gasteiger partial charge in [-0.25, -0.2) is 4.98 Å². The highest BCUT2D eigenvalue weighted by atomic mass is 16.3. The molecule has 106 valence electrons. The van der Waals surface area contributed by atoms with E-state index in [-0.39, 0.29) is 6.61 Å². The first kappa shape index (κ1) is 14.3. The van der Waals surface area contributed by atoms with Crippen LogP contribution in [0.4, 0.5) is 5.82 Å². The van der Waals surface area contributed by atoms with Crippen LogP contribution < -0.4 is 4.90 Å². The van der Waals surface area contributed by atoms with Gasteiger partial charge < -0.3 is 10.0 Å². The van der Waals surface area contributed by atoms with E-state index in [0.29, 0.717) is 0 Å². The molecule has 2 heterocycles. The average molecular weight is 262 g/mol. The Labute approximate surface area is 116 Å². The normalized spacial score (nSPS) is 20.4. The van der Waals surface area contributed by atoms with Crippen molar-refractivity contribution in [3.05, 3.63) is 23.4 Å². The molecule has 0 amide bonds. The number of nitrogens with zero attached hydrogens (tertiary/aromatic N) is 2. The van der Waals surface area contributed by atoms with Gasteiger partial charge in [0.25, 0.3) is 0 Å². The Morgan fingerprint density at radius 1 is 1.26 bits per heavy atom. The molecule has 1 N–H and O–H groups in total. The van der Waals surface area contributed by atoms with E-state index >= 15 is 0 Å². The molecule has 0 bridgehead atoms. The van der Waals surface area contributed by atoms with Gasteiger partial charge in [0.15, 0.2) is 0 Å². The van der Waals surface area contributed by atoms with E-state index in [0.717, 1.165) is 42.5 Å². The average Bonchev–Trinajstić information content (AvgIpc) is 2.72. The molecule has 1 fully saturated rings. The minimum Gasteiger partial charge on any atom is -0.392 e. The number of hydrogen-bond acceptors (Lipinski definition) is 3. The van der Waals surface area contributed by atoms with E-state index < -0.39 is 0 Å². The van der Waals surface area contributed by atoms with Crippen molar-refractivity contribution in [3.8, 4) is 0 Å². The van der Waals surface area contributed by atoms with Crippen molar-refractivity contribution < 1.29 is 5.11 Å². The van der Waals surface area contributed by atoms with E-state index in [9.17, 15) is 5.11 Å². The summed E-state index contributed by atoms with van der Waals surface area (Å²) in [6.07, 6.45) is 6.08. The van der Waals surface area contributed by atoms with E-state index in [4.69, 9.17) is 4.98 Å². The van der Waals surface area contributed by atoms with Crippen LogP contribution in [0.15, 0.2) is 12.1 Å². The molecule has 1 aliphatic rings. The van der Waals surface area contributed by atoms with Crippen molar-refractivity contribution in [3.63, 3.8) is 0 Å². The zero-order chi connectivity index (χ0) is 13.7. The molecule has 0 radical (unpaired) electrons. The smallest absolute Gasteiger partial charge is 0.129 e. The van der Waals surface area contributed by atoms with E-state index in [1.807, 2.05) is 12.1 Å². The quantitative estimate of drug-likeness (QED) is 0.905. The molecule has 0 aliphatic carbocycles. The highest BCUT2D eigenvalue weighted by Gasteiger charge is 2.17. The van der Waals surface area contributed by atoms with Crippen molar-refractivity contribution in [2.24, 2.45) is 5.92 Å². The van der Waals surface area contributed by atoms with Gasteiger partial charge >= 0.3 is 0 Å². The van der Waals surface area contributed by atoms with Crippen LogP contribution in [0, 0.1) is 5.92 Å². The third-order valence-electron chi connectivity index (χ3n) is 4.22. The lowest BCUT2D eigenvalue weighted by Gasteiger charge is -2.23. The first-order valence-electron chi connectivity index (χ1n) is 7.62. The first-order valence-corrected chi connectivity index (χ1v) is 7.62. The van der Waals surface area contributed by atoms with Gasteiger partial charge in [0, 0.05) is 18.8 Å². The van der Waals surface area contributed by atoms with Crippen LogP contribution in [0.3, 0.4) is 0 Å². The summed E-state index contributed by atoms with van der Waals surface area (Å²) in [5.74, 6) is 1.93. The van der Waals surface area contributed by atoms with Crippen LogP contribution in [0.25, 0.3) is 0 Å². The van der Waals surface area contributed by atoms with Crippen molar-refractivity contribution in [1.82, 2.24) is 4.98 Å². The second-order valence-corrected chi connectivity index (χ2v) is 5.53. The Morgan fingerprint density at radius 2 is 2.11 bits per heavy atom. The summed E-state index contributed by atoms with van der Waals surface area (Å²) in [7, 11) is 0. The molecule has 0 aromatic carbocycles. The topological polar surface area (TPSA) is 36.4 Å². The summed E-state index contributed by atoms with van der Waals surface area (Å²) in [5.41, 5.74) is 2.07. The molecule has 0 spiro atoms. The van der Waals surface area contributed by atoms with Gasteiger partial charge in [-0.2, -0.15) is 0 Å². The third kappa shape index (κ3) is 3.69. The molecule has 1 aromatic heterocycles. The third-order valence-corrected chi connectivity index (χ3v) is 4.22. The monoisotopic (exact) mass is 262 g/mol. The van der Waals surface area contributed by atoms with Gasteiger partial charge in [-0.3, -0.25) is 0 Å². The summed E-state index contributed by atoms with van der Waals surface area (Å²) in [4.78, 5) is 7.13. The Hall–Kier alpha value is -1.09. The standard InChI is InChI=1S/C16H26N2O/c1-3-13-6-5-8-18(9-7-13)16-11-14(12-19)10-15(4-2)17-16/h10-11,13,19H,3-9,12H2,1-2H3. The first-order chi connectivity index (χ1) is 9.26. The predicted octanol–water partition coefficient (Wildman–Crippen LogP) is 3.15. The van der Waals surface area contributed by atoms with Crippen LogP contribution in [0.5, 0.6) is 0 Å². The Balaban J connectivity index is 2.16. The summed E-state index contributed by atoms with van der Waals surface area (Å²) in [6, 6.07) is 4.06. The molecule has 19 heavy (non-hydrogen) atoms. The summed E-state index contributed by atoms with van der Waals surface area (Å²) in [5, 5.41) is 9.37. The Morgan fingerprint density at radius 3 is 2.79 bits per heavy atom. The maximum atomic E-state index is 9.37. The van der Waals surface area contributed by atoms with E-state index in [1.165, 1.54) is 25.7 Å². The fourth-order valence-electron chi connectivity index (χ4n) is 2.87. The zero-order valence-corrected chi connectivity index (χ0v) is 12.2. The van der Waals surface area contributed by atoms with E-state index in [1.54, 1.807) is 0 Å². The van der Waals surface area contributed by atoms with Crippen LogP contribution in [-0.2, 0) is 13.0 Å². The molecule has 0 saturated carbocycles. The summed E-state index contributed by atoms with van der Waals surface area (Å²) >= 11 is 0. The highest BCUT2D eigenvalue weighted by molar-refractivity contribution is 5.43. The SMILES string of the molecule is CCc1cc(CO)cc(N2CCCC(CC)CC2)n1. The number of rotatable bonds is 4. The highest BCUT2D eigenvalue weighted by Crippen LogP contribution is 2.24. The fourth-order valence-corrected chi connectivity index (χ4v) is 2.87. The van der Waals surface area contributed by atoms with Gasteiger partial charge in [-0.05, 0) is 49.3 Å². The lowest BCUT2D eigenvalue weighted by atomic mass is 9.98. The lowest BCUT2D eigenvalue weighted by Crippen LogP contribution is -2.25. The lowest BCUT2D eigenvalue weighted by molar-refractivity contribution is 0.281. The summed E-state index contributed by atoms with van der Waals surface area (Å²) in [6.45, 7) is 6.71. The molecule has 1 saturated heterocycles. The van der Waals surface area contributed by atoms with Crippen molar-refractivity contribution in [1.29, 1.82) is 0 Å². The van der Waals surface area contributed by atoms with Crippen LogP contribution in [0.1, 0.15) is 50.8 Å². The van der Waals surface area contributed by atoms with Crippen LogP contribution >= 0.6 is 0 Å². The minimum atomic E-state index is 0.105. The molecular weight excluding hydrogens is 236 g/mol. The molecule has 1 aromatic rings. The maximum Gasteiger partial charge on any atom is 0.129 e. The van der Waals surface area contributed by atoms with Gasteiger partial charge in [0.1, 0.15) is 5.82 Å².